The van der Waals surface area contributed by atoms with Crippen molar-refractivity contribution < 1.29 is 0 Å². The van der Waals surface area contributed by atoms with E-state index in [9.17, 15) is 9.59 Å². The molecule has 4 heteroatoms. The summed E-state index contributed by atoms with van der Waals surface area (Å²) >= 11 is 0. The van der Waals surface area contributed by atoms with E-state index >= 15 is 0 Å². The molecule has 0 spiro atoms. The van der Waals surface area contributed by atoms with Crippen LogP contribution in [-0.2, 0) is 0 Å². The minimum atomic E-state index is -0.528. The van der Waals surface area contributed by atoms with Gasteiger partial charge < -0.3 is 0 Å². The Morgan fingerprint density at radius 1 is 0.812 bits per heavy atom. The van der Waals surface area contributed by atoms with E-state index in [0.717, 1.165) is 5.52 Å². The maximum absolute atomic E-state index is 11.8. The molecule has 0 unspecified atom stereocenters. The SMILES string of the molecule is O=c1c(=O)n2ccccn2c2ccccc12. The summed E-state index contributed by atoms with van der Waals surface area (Å²) in [5, 5.41) is 0.448. The van der Waals surface area contributed by atoms with Gasteiger partial charge in [0.1, 0.15) is 0 Å². The molecule has 2 heterocycles. The Balaban J connectivity index is 2.81. The molecule has 0 aliphatic carbocycles. The first-order valence-corrected chi connectivity index (χ1v) is 4.90. The molecular formula is C12H8N2O2. The molecule has 0 aliphatic heterocycles. The normalized spacial score (nSPS) is 11.0. The lowest BCUT2D eigenvalue weighted by molar-refractivity contribution is 0.775. The predicted octanol–water partition coefficient (Wildman–Crippen LogP) is 0.912. The summed E-state index contributed by atoms with van der Waals surface area (Å²) in [7, 11) is 0. The van der Waals surface area contributed by atoms with Crippen LogP contribution in [0, 0.1) is 0 Å². The first-order valence-electron chi connectivity index (χ1n) is 4.90. The number of hydrogen-bond acceptors (Lipinski definition) is 2. The molecule has 0 radical (unpaired) electrons. The van der Waals surface area contributed by atoms with Crippen molar-refractivity contribution in [3.63, 3.8) is 0 Å². The Bertz CT molecular complexity index is 730. The van der Waals surface area contributed by atoms with Gasteiger partial charge in [-0.2, -0.15) is 0 Å². The molecule has 4 nitrogen and oxygen atoms in total. The summed E-state index contributed by atoms with van der Waals surface area (Å²) in [6.07, 6.45) is 3.33. The topological polar surface area (TPSA) is 43.0 Å². The first kappa shape index (κ1) is 8.91. The first-order chi connectivity index (χ1) is 7.79. The molecule has 0 fully saturated rings. The van der Waals surface area contributed by atoms with Crippen LogP contribution < -0.4 is 11.0 Å². The fourth-order valence-electron chi connectivity index (χ4n) is 1.85. The molecule has 0 aliphatic rings. The molecule has 0 saturated carbocycles. The smallest absolute Gasteiger partial charge is 0.283 e. The van der Waals surface area contributed by atoms with Gasteiger partial charge in [-0.05, 0) is 24.3 Å². The molecule has 0 saturated heterocycles. The highest BCUT2D eigenvalue weighted by atomic mass is 16.2. The summed E-state index contributed by atoms with van der Waals surface area (Å²) in [6, 6.07) is 10.6. The van der Waals surface area contributed by atoms with Gasteiger partial charge >= 0.3 is 5.56 Å². The number of para-hydroxylation sites is 1. The van der Waals surface area contributed by atoms with Crippen molar-refractivity contribution in [2.24, 2.45) is 0 Å². The molecular weight excluding hydrogens is 204 g/mol. The summed E-state index contributed by atoms with van der Waals surface area (Å²) in [5.41, 5.74) is -0.265. The fraction of sp³-hybridized carbons (Fsp3) is 0. The molecule has 0 atom stereocenters. The Kier molecular flexibility index (Phi) is 1.71. The van der Waals surface area contributed by atoms with Gasteiger partial charge in [0, 0.05) is 12.4 Å². The average Bonchev–Trinajstić information content (AvgIpc) is 2.36. The van der Waals surface area contributed by atoms with E-state index in [2.05, 4.69) is 0 Å². The van der Waals surface area contributed by atoms with E-state index in [0.29, 0.717) is 5.39 Å². The van der Waals surface area contributed by atoms with E-state index in [-0.39, 0.29) is 0 Å². The quantitative estimate of drug-likeness (QED) is 0.410. The monoisotopic (exact) mass is 212 g/mol. The van der Waals surface area contributed by atoms with Crippen molar-refractivity contribution in [1.82, 2.24) is 9.03 Å². The summed E-state index contributed by atoms with van der Waals surface area (Å²) in [5.74, 6) is 0. The van der Waals surface area contributed by atoms with Crippen LogP contribution in [0.15, 0.2) is 58.4 Å². The van der Waals surface area contributed by atoms with E-state index in [1.165, 1.54) is 4.52 Å². The lowest BCUT2D eigenvalue weighted by Crippen LogP contribution is -2.33. The lowest BCUT2D eigenvalue weighted by atomic mass is 10.2. The molecule has 78 valence electrons. The van der Waals surface area contributed by atoms with Crippen molar-refractivity contribution in [2.75, 3.05) is 0 Å². The maximum atomic E-state index is 11.8. The Morgan fingerprint density at radius 3 is 2.31 bits per heavy atom. The van der Waals surface area contributed by atoms with Crippen molar-refractivity contribution in [2.45, 2.75) is 0 Å². The zero-order valence-corrected chi connectivity index (χ0v) is 8.33. The Labute approximate surface area is 90.0 Å². The van der Waals surface area contributed by atoms with Crippen LogP contribution in [0.5, 0.6) is 0 Å². The van der Waals surface area contributed by atoms with Gasteiger partial charge in [0.15, 0.2) is 0 Å². The fourth-order valence-corrected chi connectivity index (χ4v) is 1.85. The van der Waals surface area contributed by atoms with Crippen LogP contribution in [-0.4, -0.2) is 9.03 Å². The third-order valence-electron chi connectivity index (χ3n) is 2.60. The zero-order chi connectivity index (χ0) is 11.1. The van der Waals surface area contributed by atoms with Gasteiger partial charge in [-0.1, -0.05) is 12.1 Å². The highest BCUT2D eigenvalue weighted by Crippen LogP contribution is 2.06. The van der Waals surface area contributed by atoms with E-state index < -0.39 is 11.0 Å². The van der Waals surface area contributed by atoms with E-state index in [1.54, 1.807) is 35.1 Å². The van der Waals surface area contributed by atoms with Crippen LogP contribution in [0.1, 0.15) is 0 Å². The highest BCUT2D eigenvalue weighted by molar-refractivity contribution is 5.77. The molecule has 0 bridgehead atoms. The molecule has 1 aromatic carbocycles. The van der Waals surface area contributed by atoms with Crippen LogP contribution in [0.2, 0.25) is 0 Å². The summed E-state index contributed by atoms with van der Waals surface area (Å²) < 4.78 is 2.98. The van der Waals surface area contributed by atoms with E-state index in [1.807, 2.05) is 18.2 Å². The molecule has 16 heavy (non-hydrogen) atoms. The number of nitrogens with zero attached hydrogens (tertiary/aromatic N) is 2. The molecule has 3 rings (SSSR count). The third-order valence-corrected chi connectivity index (χ3v) is 2.60. The van der Waals surface area contributed by atoms with E-state index in [4.69, 9.17) is 0 Å². The maximum Gasteiger partial charge on any atom is 0.318 e. The van der Waals surface area contributed by atoms with Crippen molar-refractivity contribution in [3.05, 3.63) is 69.4 Å². The van der Waals surface area contributed by atoms with Gasteiger partial charge in [0.05, 0.1) is 10.9 Å². The second kappa shape index (κ2) is 3.06. The van der Waals surface area contributed by atoms with Crippen LogP contribution in [0.3, 0.4) is 0 Å². The zero-order valence-electron chi connectivity index (χ0n) is 8.33. The molecule has 2 aromatic heterocycles. The Morgan fingerprint density at radius 2 is 1.50 bits per heavy atom. The van der Waals surface area contributed by atoms with Gasteiger partial charge in [-0.25, -0.2) is 4.52 Å². The standard InChI is InChI=1S/C12H8N2O2/c15-11-9-5-1-2-6-10(9)13-7-3-4-8-14(13)12(11)16/h1-8H. The average molecular weight is 212 g/mol. The number of rotatable bonds is 0. The Hall–Kier alpha value is -2.36. The molecule has 3 aromatic rings. The number of hydrogen-bond donors (Lipinski definition) is 0. The summed E-state index contributed by atoms with van der Waals surface area (Å²) in [6.45, 7) is 0. The minimum absolute atomic E-state index is 0.448. The summed E-state index contributed by atoms with van der Waals surface area (Å²) in [4.78, 5) is 23.6. The second-order valence-corrected chi connectivity index (χ2v) is 3.52. The van der Waals surface area contributed by atoms with Crippen molar-refractivity contribution >= 4 is 10.9 Å². The third kappa shape index (κ3) is 1.04. The van der Waals surface area contributed by atoms with Crippen molar-refractivity contribution in [3.8, 4) is 0 Å². The van der Waals surface area contributed by atoms with Crippen LogP contribution in [0.25, 0.3) is 10.9 Å². The van der Waals surface area contributed by atoms with Crippen molar-refractivity contribution in [1.29, 1.82) is 0 Å². The molecule has 0 N–H and O–H groups in total. The molecule has 0 amide bonds. The largest absolute Gasteiger partial charge is 0.318 e. The minimum Gasteiger partial charge on any atom is -0.283 e. The lowest BCUT2D eigenvalue weighted by Gasteiger charge is -2.06. The van der Waals surface area contributed by atoms with Gasteiger partial charge in [-0.15, -0.1) is 0 Å². The number of benzene rings is 1. The number of fused-ring (bicyclic) bond motifs is 3. The van der Waals surface area contributed by atoms with Crippen LogP contribution >= 0.6 is 0 Å². The predicted molar refractivity (Wildman–Crippen MR) is 60.9 cm³/mol. The van der Waals surface area contributed by atoms with Gasteiger partial charge in [0.2, 0.25) is 0 Å². The van der Waals surface area contributed by atoms with Gasteiger partial charge in [-0.3, -0.25) is 14.1 Å². The number of aromatic nitrogens is 2. The highest BCUT2D eigenvalue weighted by Gasteiger charge is 2.06. The second-order valence-electron chi connectivity index (χ2n) is 3.52. The van der Waals surface area contributed by atoms with Gasteiger partial charge in [0.25, 0.3) is 5.43 Å². The van der Waals surface area contributed by atoms with Crippen LogP contribution in [0.4, 0.5) is 0 Å².